The molecule has 0 fully saturated rings. The minimum absolute atomic E-state index is 0.0416. The van der Waals surface area contributed by atoms with Gasteiger partial charge in [0.15, 0.2) is 0 Å². The van der Waals surface area contributed by atoms with E-state index in [2.05, 4.69) is 45.2 Å². The molecular formula is C16H22N6O2S. The zero-order valence-electron chi connectivity index (χ0n) is 14.4. The maximum absolute atomic E-state index is 11.8. The van der Waals surface area contributed by atoms with Gasteiger partial charge in [-0.15, -0.1) is 5.10 Å². The quantitative estimate of drug-likeness (QED) is 0.644. The Bertz CT molecular complexity index is 701. The van der Waals surface area contributed by atoms with Crippen LogP contribution in [0.2, 0.25) is 0 Å². The lowest BCUT2D eigenvalue weighted by atomic mass is 10.1. The van der Waals surface area contributed by atoms with Crippen LogP contribution in [0.5, 0.6) is 0 Å². The summed E-state index contributed by atoms with van der Waals surface area (Å²) >= 11 is 1.22. The molecule has 0 aliphatic rings. The van der Waals surface area contributed by atoms with Crippen LogP contribution in [0.15, 0.2) is 29.4 Å². The third kappa shape index (κ3) is 5.86. The van der Waals surface area contributed by atoms with Crippen molar-refractivity contribution < 1.29 is 9.59 Å². The van der Waals surface area contributed by atoms with Crippen molar-refractivity contribution in [3.8, 4) is 5.69 Å². The number of tetrazole rings is 1. The van der Waals surface area contributed by atoms with Crippen molar-refractivity contribution in [2.45, 2.75) is 31.3 Å². The Labute approximate surface area is 150 Å². The molecule has 1 aromatic carbocycles. The largest absolute Gasteiger partial charge is 0.358 e. The second-order valence-corrected chi connectivity index (χ2v) is 6.32. The van der Waals surface area contributed by atoms with Crippen LogP contribution in [0.1, 0.15) is 25.3 Å². The summed E-state index contributed by atoms with van der Waals surface area (Å²) < 4.78 is 1.60. The fourth-order valence-corrected chi connectivity index (χ4v) is 2.78. The molecule has 2 N–H and O–H groups in total. The second-order valence-electron chi connectivity index (χ2n) is 5.38. The number of nitrogens with zero attached hydrogens (tertiary/aromatic N) is 4. The number of unbranched alkanes of at least 4 members (excludes halogenated alkanes) is 1. The molecule has 2 rings (SSSR count). The van der Waals surface area contributed by atoms with Crippen molar-refractivity contribution in [1.82, 2.24) is 30.8 Å². The number of aromatic nitrogens is 4. The highest BCUT2D eigenvalue weighted by Crippen LogP contribution is 2.18. The maximum Gasteiger partial charge on any atom is 0.239 e. The van der Waals surface area contributed by atoms with Crippen LogP contribution in [-0.4, -0.2) is 51.4 Å². The summed E-state index contributed by atoms with van der Waals surface area (Å²) in [6.45, 7) is 2.13. The van der Waals surface area contributed by atoms with Crippen LogP contribution in [0.3, 0.4) is 0 Å². The molecule has 9 heteroatoms. The van der Waals surface area contributed by atoms with Gasteiger partial charge < -0.3 is 10.6 Å². The number of rotatable bonds is 9. The van der Waals surface area contributed by atoms with Gasteiger partial charge in [0.2, 0.25) is 17.0 Å². The first kappa shape index (κ1) is 18.9. The molecule has 1 heterocycles. The van der Waals surface area contributed by atoms with E-state index in [1.807, 2.05) is 12.1 Å². The Hall–Kier alpha value is -2.42. The Morgan fingerprint density at radius 1 is 1.20 bits per heavy atom. The Morgan fingerprint density at radius 2 is 1.96 bits per heavy atom. The molecule has 25 heavy (non-hydrogen) atoms. The molecule has 0 aliphatic heterocycles. The number of carbonyl (C=O) groups is 2. The summed E-state index contributed by atoms with van der Waals surface area (Å²) in [4.78, 5) is 22.9. The number of carbonyl (C=O) groups excluding carboxylic acids is 2. The third-order valence-electron chi connectivity index (χ3n) is 3.50. The van der Waals surface area contributed by atoms with Gasteiger partial charge in [-0.1, -0.05) is 37.2 Å². The molecular weight excluding hydrogens is 340 g/mol. The first-order chi connectivity index (χ1) is 12.1. The van der Waals surface area contributed by atoms with E-state index in [-0.39, 0.29) is 24.1 Å². The van der Waals surface area contributed by atoms with E-state index in [0.29, 0.717) is 5.16 Å². The first-order valence-electron chi connectivity index (χ1n) is 8.11. The highest BCUT2D eigenvalue weighted by atomic mass is 32.2. The third-order valence-corrected chi connectivity index (χ3v) is 4.42. The molecule has 0 radical (unpaired) electrons. The molecule has 0 saturated carbocycles. The molecule has 0 atom stereocenters. The average Bonchev–Trinajstić information content (AvgIpc) is 3.11. The lowest BCUT2D eigenvalue weighted by Crippen LogP contribution is -2.36. The summed E-state index contributed by atoms with van der Waals surface area (Å²) in [6.07, 6.45) is 3.38. The van der Waals surface area contributed by atoms with E-state index >= 15 is 0 Å². The van der Waals surface area contributed by atoms with Crippen LogP contribution in [0.25, 0.3) is 5.69 Å². The van der Waals surface area contributed by atoms with Crippen molar-refractivity contribution in [1.29, 1.82) is 0 Å². The van der Waals surface area contributed by atoms with Gasteiger partial charge in [-0.25, -0.2) is 0 Å². The van der Waals surface area contributed by atoms with Crippen LogP contribution in [-0.2, 0) is 16.0 Å². The van der Waals surface area contributed by atoms with Gasteiger partial charge in [0, 0.05) is 7.05 Å². The zero-order valence-corrected chi connectivity index (χ0v) is 15.2. The highest BCUT2D eigenvalue weighted by Gasteiger charge is 2.12. The predicted octanol–water partition coefficient (Wildman–Crippen LogP) is 0.959. The maximum atomic E-state index is 11.8. The normalized spacial score (nSPS) is 10.5. The number of hydrogen-bond acceptors (Lipinski definition) is 6. The van der Waals surface area contributed by atoms with Crippen LogP contribution in [0, 0.1) is 0 Å². The Kier molecular flexibility index (Phi) is 7.39. The molecule has 2 amide bonds. The molecule has 0 bridgehead atoms. The lowest BCUT2D eigenvalue weighted by molar-refractivity contribution is -0.124. The van der Waals surface area contributed by atoms with Gasteiger partial charge in [-0.3, -0.25) is 9.59 Å². The number of amides is 2. The van der Waals surface area contributed by atoms with Crippen LogP contribution >= 0.6 is 11.8 Å². The summed E-state index contributed by atoms with van der Waals surface area (Å²) in [5, 5.41) is 17.1. The number of aryl methyl sites for hydroxylation is 1. The van der Waals surface area contributed by atoms with Crippen molar-refractivity contribution in [3.63, 3.8) is 0 Å². The number of benzene rings is 1. The van der Waals surface area contributed by atoms with E-state index in [1.165, 1.54) is 24.4 Å². The van der Waals surface area contributed by atoms with E-state index in [1.54, 1.807) is 4.68 Å². The minimum Gasteiger partial charge on any atom is -0.358 e. The van der Waals surface area contributed by atoms with Gasteiger partial charge in [-0.05, 0) is 41.0 Å². The van der Waals surface area contributed by atoms with Crippen molar-refractivity contribution in [3.05, 3.63) is 29.8 Å². The molecule has 0 aliphatic carbocycles. The summed E-state index contributed by atoms with van der Waals surface area (Å²) in [5.41, 5.74) is 2.12. The first-order valence-corrected chi connectivity index (χ1v) is 9.10. The summed E-state index contributed by atoms with van der Waals surface area (Å²) in [5.74, 6) is -0.365. The van der Waals surface area contributed by atoms with Gasteiger partial charge >= 0.3 is 0 Å². The van der Waals surface area contributed by atoms with Gasteiger partial charge in [0.1, 0.15) is 0 Å². The highest BCUT2D eigenvalue weighted by molar-refractivity contribution is 7.99. The number of likely N-dealkylation sites (N-methyl/N-ethyl adjacent to an activating group) is 1. The topological polar surface area (TPSA) is 102 Å². The molecule has 1 aromatic heterocycles. The van der Waals surface area contributed by atoms with Crippen molar-refractivity contribution in [2.24, 2.45) is 0 Å². The molecule has 0 spiro atoms. The summed E-state index contributed by atoms with van der Waals surface area (Å²) in [6, 6.07) is 8.07. The van der Waals surface area contributed by atoms with E-state index < -0.39 is 0 Å². The van der Waals surface area contributed by atoms with E-state index in [4.69, 9.17) is 0 Å². The zero-order chi connectivity index (χ0) is 18.1. The van der Waals surface area contributed by atoms with Crippen molar-refractivity contribution in [2.75, 3.05) is 19.3 Å². The van der Waals surface area contributed by atoms with Crippen LogP contribution < -0.4 is 10.6 Å². The van der Waals surface area contributed by atoms with E-state index in [0.717, 1.165) is 24.9 Å². The molecule has 134 valence electrons. The van der Waals surface area contributed by atoms with E-state index in [9.17, 15) is 9.59 Å². The molecule has 0 unspecified atom stereocenters. The monoisotopic (exact) mass is 362 g/mol. The molecule has 0 saturated heterocycles. The standard InChI is InChI=1S/C16H22N6O2S/c1-3-4-5-12-6-8-13(9-7-12)22-16(19-20-21-22)25-11-15(24)18-10-14(23)17-2/h6-9H,3-5,10-11H2,1-2H3,(H,17,23)(H,18,24). The second kappa shape index (κ2) is 9.77. The summed E-state index contributed by atoms with van der Waals surface area (Å²) in [7, 11) is 1.52. The fraction of sp³-hybridized carbons (Fsp3) is 0.438. The van der Waals surface area contributed by atoms with Gasteiger partial charge in [0.25, 0.3) is 0 Å². The Morgan fingerprint density at radius 3 is 2.64 bits per heavy atom. The SMILES string of the molecule is CCCCc1ccc(-n2nnnc2SCC(=O)NCC(=O)NC)cc1. The molecule has 2 aromatic rings. The number of nitrogens with one attached hydrogen (secondary N) is 2. The minimum atomic E-state index is -0.252. The average molecular weight is 362 g/mol. The smallest absolute Gasteiger partial charge is 0.239 e. The molecule has 8 nitrogen and oxygen atoms in total. The number of thioether (sulfide) groups is 1. The van der Waals surface area contributed by atoms with Crippen molar-refractivity contribution >= 4 is 23.6 Å². The lowest BCUT2D eigenvalue weighted by Gasteiger charge is -2.06. The predicted molar refractivity (Wildman–Crippen MR) is 95.6 cm³/mol. The van der Waals surface area contributed by atoms with Gasteiger partial charge in [0.05, 0.1) is 18.0 Å². The Balaban J connectivity index is 1.93. The van der Waals surface area contributed by atoms with Crippen LogP contribution in [0.4, 0.5) is 0 Å². The fourth-order valence-electron chi connectivity index (χ4n) is 2.06. The van der Waals surface area contributed by atoms with Gasteiger partial charge in [-0.2, -0.15) is 4.68 Å². The number of hydrogen-bond donors (Lipinski definition) is 2.